The summed E-state index contributed by atoms with van der Waals surface area (Å²) in [7, 11) is 0. The number of urea groups is 1. The number of hydrogen-bond donors (Lipinski definition) is 2. The minimum Gasteiger partial charge on any atom is -0.352 e. The highest BCUT2D eigenvalue weighted by Crippen LogP contribution is 2.38. The number of nitrogens with zero attached hydrogens (tertiary/aromatic N) is 1. The van der Waals surface area contributed by atoms with E-state index in [9.17, 15) is 14.4 Å². The van der Waals surface area contributed by atoms with Gasteiger partial charge in [-0.3, -0.25) is 14.5 Å². The Kier molecular flexibility index (Phi) is 6.24. The molecule has 1 aliphatic carbocycles. The van der Waals surface area contributed by atoms with Crippen molar-refractivity contribution in [3.63, 3.8) is 0 Å². The number of carbonyl (C=O) groups is 3. The van der Waals surface area contributed by atoms with E-state index < -0.39 is 11.6 Å². The van der Waals surface area contributed by atoms with Crippen molar-refractivity contribution in [1.29, 1.82) is 0 Å². The molecule has 136 valence electrons. The number of nitrogens with one attached hydrogen (secondary N) is 2. The van der Waals surface area contributed by atoms with Gasteiger partial charge >= 0.3 is 6.03 Å². The fraction of sp³-hybridized carbons (Fsp3) is 0.833. The summed E-state index contributed by atoms with van der Waals surface area (Å²) >= 11 is 0. The fourth-order valence-corrected chi connectivity index (χ4v) is 3.88. The lowest BCUT2D eigenvalue weighted by Gasteiger charge is -2.36. The van der Waals surface area contributed by atoms with Crippen LogP contribution in [0.2, 0.25) is 0 Å². The second-order valence-corrected chi connectivity index (χ2v) is 7.40. The summed E-state index contributed by atoms with van der Waals surface area (Å²) in [6.07, 6.45) is 7.90. The Morgan fingerprint density at radius 3 is 2.79 bits per heavy atom. The number of unbranched alkanes of at least 4 members (excludes halogenated alkanes) is 2. The molecule has 0 unspecified atom stereocenters. The number of rotatable bonds is 7. The van der Waals surface area contributed by atoms with Gasteiger partial charge in [0.25, 0.3) is 5.91 Å². The van der Waals surface area contributed by atoms with Crippen LogP contribution < -0.4 is 10.6 Å². The Bertz CT molecular complexity index is 494. The fourth-order valence-electron chi connectivity index (χ4n) is 3.88. The maximum atomic E-state index is 12.8. The summed E-state index contributed by atoms with van der Waals surface area (Å²) in [5.74, 6) is -0.375. The third kappa shape index (κ3) is 3.90. The van der Waals surface area contributed by atoms with Gasteiger partial charge in [-0.05, 0) is 32.1 Å². The molecule has 24 heavy (non-hydrogen) atoms. The van der Waals surface area contributed by atoms with Gasteiger partial charge in [-0.1, -0.05) is 46.0 Å². The van der Waals surface area contributed by atoms with Crippen molar-refractivity contribution in [1.82, 2.24) is 15.5 Å². The number of imide groups is 1. The molecule has 2 aliphatic rings. The molecule has 2 fully saturated rings. The Labute approximate surface area is 144 Å². The number of hydrogen-bond acceptors (Lipinski definition) is 3. The van der Waals surface area contributed by atoms with Crippen LogP contribution in [-0.4, -0.2) is 40.9 Å². The molecule has 4 amide bonds. The molecule has 3 atom stereocenters. The monoisotopic (exact) mass is 337 g/mol. The molecule has 0 aromatic rings. The summed E-state index contributed by atoms with van der Waals surface area (Å²) in [6, 6.07) is -0.366. The summed E-state index contributed by atoms with van der Waals surface area (Å²) in [5, 5.41) is 5.77. The van der Waals surface area contributed by atoms with Gasteiger partial charge in [0.2, 0.25) is 5.91 Å². The minimum atomic E-state index is -0.789. The first-order chi connectivity index (χ1) is 11.4. The Balaban J connectivity index is 1.91. The molecule has 1 aliphatic heterocycles. The van der Waals surface area contributed by atoms with Crippen LogP contribution in [0.1, 0.15) is 72.1 Å². The van der Waals surface area contributed by atoms with Crippen molar-refractivity contribution < 1.29 is 14.4 Å². The van der Waals surface area contributed by atoms with Crippen LogP contribution in [0.25, 0.3) is 0 Å². The largest absolute Gasteiger partial charge is 0.352 e. The summed E-state index contributed by atoms with van der Waals surface area (Å²) in [5.41, 5.74) is -0.789. The van der Waals surface area contributed by atoms with Crippen LogP contribution in [0, 0.1) is 5.92 Å². The van der Waals surface area contributed by atoms with Crippen LogP contribution in [0.4, 0.5) is 4.79 Å². The molecular weight excluding hydrogens is 306 g/mol. The smallest absolute Gasteiger partial charge is 0.325 e. The zero-order chi connectivity index (χ0) is 17.7. The average molecular weight is 337 g/mol. The van der Waals surface area contributed by atoms with Crippen LogP contribution in [0.5, 0.6) is 0 Å². The molecule has 0 aromatic heterocycles. The minimum absolute atomic E-state index is 0.0624. The van der Waals surface area contributed by atoms with Gasteiger partial charge in [0.1, 0.15) is 12.1 Å². The third-order valence-electron chi connectivity index (χ3n) is 5.45. The Hall–Kier alpha value is -1.59. The molecule has 1 saturated heterocycles. The molecule has 0 bridgehead atoms. The van der Waals surface area contributed by atoms with Crippen LogP contribution in [0.3, 0.4) is 0 Å². The maximum absolute atomic E-state index is 12.8. The molecule has 0 aromatic carbocycles. The molecule has 6 heteroatoms. The lowest BCUT2D eigenvalue weighted by molar-refractivity contribution is -0.137. The quantitative estimate of drug-likeness (QED) is 0.553. The van der Waals surface area contributed by atoms with Crippen molar-refractivity contribution >= 4 is 17.8 Å². The molecule has 1 heterocycles. The van der Waals surface area contributed by atoms with Gasteiger partial charge in [-0.2, -0.15) is 0 Å². The standard InChI is InChI=1S/C18H31N3O3/c1-4-5-6-10-14(3)19-15(22)12-21-16(23)18(20-17(21)24)11-8-7-9-13(18)2/h13-14H,4-12H2,1-3H3,(H,19,22)(H,20,24)/t13-,14-,18-/m0/s1. The van der Waals surface area contributed by atoms with E-state index in [1.165, 1.54) is 0 Å². The normalized spacial score (nSPS) is 28.1. The second kappa shape index (κ2) is 7.99. The maximum Gasteiger partial charge on any atom is 0.325 e. The van der Waals surface area contributed by atoms with Crippen molar-refractivity contribution in [2.24, 2.45) is 5.92 Å². The highest BCUT2D eigenvalue weighted by Gasteiger charge is 2.55. The van der Waals surface area contributed by atoms with Crippen LogP contribution >= 0.6 is 0 Å². The Morgan fingerprint density at radius 2 is 2.12 bits per heavy atom. The molecule has 0 radical (unpaired) electrons. The molecule has 2 N–H and O–H groups in total. The van der Waals surface area contributed by atoms with E-state index in [0.29, 0.717) is 6.42 Å². The zero-order valence-corrected chi connectivity index (χ0v) is 15.2. The predicted molar refractivity (Wildman–Crippen MR) is 92.4 cm³/mol. The van der Waals surface area contributed by atoms with Crippen molar-refractivity contribution in [2.75, 3.05) is 6.54 Å². The topological polar surface area (TPSA) is 78.5 Å². The van der Waals surface area contributed by atoms with Crippen molar-refractivity contribution in [3.8, 4) is 0 Å². The number of carbonyl (C=O) groups excluding carboxylic acids is 3. The van der Waals surface area contributed by atoms with E-state index in [2.05, 4.69) is 17.6 Å². The van der Waals surface area contributed by atoms with E-state index >= 15 is 0 Å². The van der Waals surface area contributed by atoms with Gasteiger partial charge in [0, 0.05) is 6.04 Å². The van der Waals surface area contributed by atoms with Gasteiger partial charge in [-0.15, -0.1) is 0 Å². The summed E-state index contributed by atoms with van der Waals surface area (Å²) in [6.45, 7) is 5.93. The van der Waals surface area contributed by atoms with Gasteiger partial charge in [0.05, 0.1) is 0 Å². The first-order valence-corrected chi connectivity index (χ1v) is 9.34. The molecular formula is C18H31N3O3. The zero-order valence-electron chi connectivity index (χ0n) is 15.2. The van der Waals surface area contributed by atoms with Gasteiger partial charge in [0.15, 0.2) is 0 Å². The lowest BCUT2D eigenvalue weighted by atomic mass is 9.73. The van der Waals surface area contributed by atoms with E-state index in [-0.39, 0.29) is 30.3 Å². The van der Waals surface area contributed by atoms with E-state index in [4.69, 9.17) is 0 Å². The second-order valence-electron chi connectivity index (χ2n) is 7.40. The molecule has 6 nitrogen and oxygen atoms in total. The van der Waals surface area contributed by atoms with Crippen molar-refractivity contribution in [3.05, 3.63) is 0 Å². The lowest BCUT2D eigenvalue weighted by Crippen LogP contribution is -2.54. The SMILES string of the molecule is CCCCC[C@H](C)NC(=O)CN1C(=O)N[C@]2(CCCC[C@@H]2C)C1=O. The summed E-state index contributed by atoms with van der Waals surface area (Å²) in [4.78, 5) is 38.3. The first-order valence-electron chi connectivity index (χ1n) is 9.34. The molecule has 1 saturated carbocycles. The van der Waals surface area contributed by atoms with Crippen LogP contribution in [0.15, 0.2) is 0 Å². The molecule has 2 rings (SSSR count). The molecule has 1 spiro atoms. The third-order valence-corrected chi connectivity index (χ3v) is 5.45. The first kappa shape index (κ1) is 18.7. The predicted octanol–water partition coefficient (Wildman–Crippen LogP) is 2.57. The highest BCUT2D eigenvalue weighted by molar-refractivity contribution is 6.09. The van der Waals surface area contributed by atoms with Gasteiger partial charge < -0.3 is 10.6 Å². The number of amides is 4. The van der Waals surface area contributed by atoms with Crippen molar-refractivity contribution in [2.45, 2.75) is 83.7 Å². The van der Waals surface area contributed by atoms with E-state index in [1.54, 1.807) is 0 Å². The Morgan fingerprint density at radius 1 is 1.38 bits per heavy atom. The van der Waals surface area contributed by atoms with Gasteiger partial charge in [-0.25, -0.2) is 4.79 Å². The van der Waals surface area contributed by atoms with Crippen LogP contribution in [-0.2, 0) is 9.59 Å². The average Bonchev–Trinajstić information content (AvgIpc) is 2.76. The van der Waals surface area contributed by atoms with E-state index in [0.717, 1.165) is 49.8 Å². The van der Waals surface area contributed by atoms with E-state index in [1.807, 2.05) is 13.8 Å². The highest BCUT2D eigenvalue weighted by atomic mass is 16.2. The summed E-state index contributed by atoms with van der Waals surface area (Å²) < 4.78 is 0.